The third-order valence-corrected chi connectivity index (χ3v) is 2.71. The molecule has 1 aliphatic rings. The molecule has 0 aromatic carbocycles. The summed E-state index contributed by atoms with van der Waals surface area (Å²) in [7, 11) is 1.81. The summed E-state index contributed by atoms with van der Waals surface area (Å²) in [6.45, 7) is 1.98. The molecule has 94 valence electrons. The second-order valence-electron chi connectivity index (χ2n) is 4.08. The first kappa shape index (κ1) is 12.3. The summed E-state index contributed by atoms with van der Waals surface area (Å²) in [6.07, 6.45) is 3.03. The minimum atomic E-state index is -0.338. The van der Waals surface area contributed by atoms with Crippen molar-refractivity contribution in [3.63, 3.8) is 0 Å². The summed E-state index contributed by atoms with van der Waals surface area (Å²) in [5.74, 6) is 0.183. The Morgan fingerprint density at radius 2 is 2.29 bits per heavy atom. The maximum Gasteiger partial charge on any atom is 0.218 e. The molecule has 0 aliphatic carbocycles. The molecule has 0 amide bonds. The number of halogens is 1. The number of hydrogen-bond acceptors (Lipinski definition) is 4. The average molecular weight is 240 g/mol. The van der Waals surface area contributed by atoms with Crippen LogP contribution in [0.4, 0.5) is 4.39 Å². The lowest BCUT2D eigenvalue weighted by Crippen LogP contribution is -2.27. The Balaban J connectivity index is 2.07. The van der Waals surface area contributed by atoms with Gasteiger partial charge in [-0.05, 0) is 13.1 Å². The average Bonchev–Trinajstić information content (AvgIpc) is 2.34. The van der Waals surface area contributed by atoms with Crippen LogP contribution < -0.4 is 10.1 Å². The minimum Gasteiger partial charge on any atom is -0.474 e. The molecule has 1 saturated heterocycles. The topological polar surface area (TPSA) is 43.4 Å². The summed E-state index contributed by atoms with van der Waals surface area (Å²) in [5.41, 5.74) is 0.749. The van der Waals surface area contributed by atoms with Crippen LogP contribution in [0.3, 0.4) is 0 Å². The second kappa shape index (κ2) is 5.93. The molecule has 0 spiro atoms. The van der Waals surface area contributed by atoms with Crippen molar-refractivity contribution in [1.29, 1.82) is 0 Å². The maximum atomic E-state index is 13.1. The Labute approximate surface area is 100 Å². The van der Waals surface area contributed by atoms with Gasteiger partial charge in [0.15, 0.2) is 0 Å². The van der Waals surface area contributed by atoms with Crippen molar-refractivity contribution in [3.05, 3.63) is 23.6 Å². The van der Waals surface area contributed by atoms with Gasteiger partial charge in [-0.25, -0.2) is 9.37 Å². The molecule has 1 aromatic rings. The Kier molecular flexibility index (Phi) is 4.28. The van der Waals surface area contributed by atoms with Crippen LogP contribution in [-0.4, -0.2) is 31.3 Å². The van der Waals surface area contributed by atoms with Gasteiger partial charge in [0, 0.05) is 24.9 Å². The van der Waals surface area contributed by atoms with E-state index in [1.165, 1.54) is 12.3 Å². The Hall–Kier alpha value is -1.20. The van der Waals surface area contributed by atoms with Crippen molar-refractivity contribution >= 4 is 0 Å². The molecule has 1 fully saturated rings. The Morgan fingerprint density at radius 3 is 3.00 bits per heavy atom. The van der Waals surface area contributed by atoms with E-state index in [9.17, 15) is 4.39 Å². The summed E-state index contributed by atoms with van der Waals surface area (Å²) in [5, 5.41) is 2.98. The first-order chi connectivity index (χ1) is 8.29. The van der Waals surface area contributed by atoms with E-state index in [1.54, 1.807) is 0 Å². The third kappa shape index (κ3) is 3.38. The zero-order valence-corrected chi connectivity index (χ0v) is 9.91. The van der Waals surface area contributed by atoms with Crippen molar-refractivity contribution < 1.29 is 13.9 Å². The lowest BCUT2D eigenvalue weighted by atomic mass is 10.1. The van der Waals surface area contributed by atoms with Crippen molar-refractivity contribution in [2.75, 3.05) is 20.3 Å². The largest absolute Gasteiger partial charge is 0.474 e. The molecule has 0 atom stereocenters. The van der Waals surface area contributed by atoms with Crippen molar-refractivity contribution in [2.45, 2.75) is 25.5 Å². The lowest BCUT2D eigenvalue weighted by molar-refractivity contribution is 0.0232. The van der Waals surface area contributed by atoms with Gasteiger partial charge in [0.1, 0.15) is 11.9 Å². The number of pyridine rings is 1. The molecule has 1 aromatic heterocycles. The molecule has 5 heteroatoms. The van der Waals surface area contributed by atoms with Gasteiger partial charge in [-0.3, -0.25) is 0 Å². The highest BCUT2D eigenvalue weighted by atomic mass is 19.1. The van der Waals surface area contributed by atoms with Gasteiger partial charge in [-0.2, -0.15) is 0 Å². The predicted molar refractivity (Wildman–Crippen MR) is 61.4 cm³/mol. The van der Waals surface area contributed by atoms with Gasteiger partial charge in [0.25, 0.3) is 0 Å². The number of hydrogen-bond donors (Lipinski definition) is 1. The number of aromatic nitrogens is 1. The number of nitrogens with one attached hydrogen (secondary N) is 1. The first-order valence-electron chi connectivity index (χ1n) is 5.83. The molecule has 1 aliphatic heterocycles. The van der Waals surface area contributed by atoms with E-state index >= 15 is 0 Å². The molecular formula is C12H17FN2O2. The smallest absolute Gasteiger partial charge is 0.218 e. The molecule has 0 saturated carbocycles. The molecule has 0 unspecified atom stereocenters. The second-order valence-corrected chi connectivity index (χ2v) is 4.08. The van der Waals surface area contributed by atoms with Crippen LogP contribution >= 0.6 is 0 Å². The van der Waals surface area contributed by atoms with Gasteiger partial charge in [0.2, 0.25) is 5.88 Å². The van der Waals surface area contributed by atoms with Crippen LogP contribution in [0.1, 0.15) is 18.4 Å². The summed E-state index contributed by atoms with van der Waals surface area (Å²) in [4.78, 5) is 4.01. The molecule has 0 radical (unpaired) electrons. The van der Waals surface area contributed by atoms with Gasteiger partial charge in [-0.1, -0.05) is 0 Å². The van der Waals surface area contributed by atoms with Crippen LogP contribution in [0.2, 0.25) is 0 Å². The standard InChI is InChI=1S/C12H17FN2O2/c1-14-7-9-6-10(13)8-15-12(9)17-11-2-4-16-5-3-11/h6,8,11,14H,2-5,7H2,1H3. The fourth-order valence-corrected chi connectivity index (χ4v) is 1.84. The highest BCUT2D eigenvalue weighted by molar-refractivity contribution is 5.26. The van der Waals surface area contributed by atoms with Gasteiger partial charge < -0.3 is 14.8 Å². The molecular weight excluding hydrogens is 223 g/mol. The third-order valence-electron chi connectivity index (χ3n) is 2.71. The minimum absolute atomic E-state index is 0.123. The first-order valence-corrected chi connectivity index (χ1v) is 5.83. The highest BCUT2D eigenvalue weighted by Crippen LogP contribution is 2.20. The van der Waals surface area contributed by atoms with E-state index in [-0.39, 0.29) is 11.9 Å². The van der Waals surface area contributed by atoms with Crippen LogP contribution in [-0.2, 0) is 11.3 Å². The normalized spacial score (nSPS) is 17.1. The zero-order valence-electron chi connectivity index (χ0n) is 9.91. The van der Waals surface area contributed by atoms with Crippen LogP contribution in [0, 0.1) is 5.82 Å². The Morgan fingerprint density at radius 1 is 1.53 bits per heavy atom. The molecule has 2 heterocycles. The molecule has 0 bridgehead atoms. The van der Waals surface area contributed by atoms with Crippen molar-refractivity contribution in [1.82, 2.24) is 10.3 Å². The van der Waals surface area contributed by atoms with E-state index in [4.69, 9.17) is 9.47 Å². The summed E-state index contributed by atoms with van der Waals surface area (Å²) < 4.78 is 24.1. The molecule has 1 N–H and O–H groups in total. The van der Waals surface area contributed by atoms with Crippen LogP contribution in [0.15, 0.2) is 12.3 Å². The van der Waals surface area contributed by atoms with Crippen molar-refractivity contribution in [2.24, 2.45) is 0 Å². The quantitative estimate of drug-likeness (QED) is 0.866. The maximum absolute atomic E-state index is 13.1. The van der Waals surface area contributed by atoms with E-state index < -0.39 is 0 Å². The molecule has 2 rings (SSSR count). The van der Waals surface area contributed by atoms with E-state index in [1.807, 2.05) is 7.05 Å². The monoisotopic (exact) mass is 240 g/mol. The number of rotatable bonds is 4. The van der Waals surface area contributed by atoms with Gasteiger partial charge in [-0.15, -0.1) is 0 Å². The molecule has 4 nitrogen and oxygen atoms in total. The van der Waals surface area contributed by atoms with Gasteiger partial charge in [0.05, 0.1) is 19.4 Å². The van der Waals surface area contributed by atoms with Gasteiger partial charge >= 0.3 is 0 Å². The van der Waals surface area contributed by atoms with Crippen LogP contribution in [0.5, 0.6) is 5.88 Å². The van der Waals surface area contributed by atoms with E-state index in [2.05, 4.69) is 10.3 Å². The Bertz CT molecular complexity index is 368. The SMILES string of the molecule is CNCc1cc(F)cnc1OC1CCOCC1. The fourth-order valence-electron chi connectivity index (χ4n) is 1.84. The van der Waals surface area contributed by atoms with E-state index in [0.29, 0.717) is 25.6 Å². The molecule has 17 heavy (non-hydrogen) atoms. The number of nitrogens with zero attached hydrogens (tertiary/aromatic N) is 1. The predicted octanol–water partition coefficient (Wildman–Crippen LogP) is 1.50. The zero-order chi connectivity index (χ0) is 12.1. The number of ether oxygens (including phenoxy) is 2. The van der Waals surface area contributed by atoms with E-state index in [0.717, 1.165) is 18.4 Å². The summed E-state index contributed by atoms with van der Waals surface area (Å²) >= 11 is 0. The summed E-state index contributed by atoms with van der Waals surface area (Å²) in [6, 6.07) is 1.46. The highest BCUT2D eigenvalue weighted by Gasteiger charge is 2.17. The fraction of sp³-hybridized carbons (Fsp3) is 0.583. The lowest BCUT2D eigenvalue weighted by Gasteiger charge is -2.23. The van der Waals surface area contributed by atoms with Crippen LogP contribution in [0.25, 0.3) is 0 Å². The van der Waals surface area contributed by atoms with Crippen molar-refractivity contribution in [3.8, 4) is 5.88 Å².